The summed E-state index contributed by atoms with van der Waals surface area (Å²) in [4.78, 5) is 2.39. The molecule has 4 heteroatoms. The zero-order valence-corrected chi connectivity index (χ0v) is 12.0. The van der Waals surface area contributed by atoms with Crippen molar-refractivity contribution in [3.8, 4) is 5.69 Å². The van der Waals surface area contributed by atoms with Gasteiger partial charge in [-0.2, -0.15) is 5.10 Å². The first-order chi connectivity index (χ1) is 9.81. The van der Waals surface area contributed by atoms with E-state index in [4.69, 9.17) is 0 Å². The van der Waals surface area contributed by atoms with Crippen LogP contribution in [0.5, 0.6) is 0 Å². The SMILES string of the molecule is CN(Cc1ccc(-n2cccn2)cc1)CC1CCCN1. The van der Waals surface area contributed by atoms with Crippen LogP contribution in [0, 0.1) is 0 Å². The van der Waals surface area contributed by atoms with E-state index in [0.717, 1.165) is 18.8 Å². The van der Waals surface area contributed by atoms with Crippen molar-refractivity contribution in [2.24, 2.45) is 0 Å². The van der Waals surface area contributed by atoms with E-state index in [2.05, 4.69) is 46.6 Å². The van der Waals surface area contributed by atoms with Crippen molar-refractivity contribution in [1.82, 2.24) is 20.0 Å². The molecule has 3 rings (SSSR count). The average Bonchev–Trinajstić information content (AvgIpc) is 3.12. The lowest BCUT2D eigenvalue weighted by Gasteiger charge is -2.21. The molecule has 0 spiro atoms. The predicted octanol–water partition coefficient (Wildman–Crippen LogP) is 2.06. The number of benzene rings is 1. The van der Waals surface area contributed by atoms with E-state index in [-0.39, 0.29) is 0 Å². The normalized spacial score (nSPS) is 18.8. The number of nitrogens with one attached hydrogen (secondary N) is 1. The maximum Gasteiger partial charge on any atom is 0.0645 e. The highest BCUT2D eigenvalue weighted by Crippen LogP contribution is 2.12. The van der Waals surface area contributed by atoms with Crippen LogP contribution in [0.3, 0.4) is 0 Å². The summed E-state index contributed by atoms with van der Waals surface area (Å²) in [5.41, 5.74) is 2.46. The van der Waals surface area contributed by atoms with Crippen LogP contribution in [0.15, 0.2) is 42.7 Å². The van der Waals surface area contributed by atoms with Gasteiger partial charge >= 0.3 is 0 Å². The largest absolute Gasteiger partial charge is 0.313 e. The molecule has 1 aromatic carbocycles. The Kier molecular flexibility index (Phi) is 4.14. The van der Waals surface area contributed by atoms with Gasteiger partial charge < -0.3 is 10.2 Å². The Morgan fingerprint density at radius 1 is 1.35 bits per heavy atom. The molecule has 106 valence electrons. The molecule has 0 radical (unpaired) electrons. The molecule has 1 unspecified atom stereocenters. The third-order valence-electron chi connectivity index (χ3n) is 3.85. The molecule has 2 aromatic rings. The zero-order valence-electron chi connectivity index (χ0n) is 12.0. The van der Waals surface area contributed by atoms with E-state index in [1.54, 1.807) is 6.20 Å². The summed E-state index contributed by atoms with van der Waals surface area (Å²) >= 11 is 0. The van der Waals surface area contributed by atoms with Gasteiger partial charge in [0.25, 0.3) is 0 Å². The third-order valence-corrected chi connectivity index (χ3v) is 3.85. The first-order valence-electron chi connectivity index (χ1n) is 7.32. The molecule has 2 heterocycles. The fourth-order valence-corrected chi connectivity index (χ4v) is 2.84. The second-order valence-corrected chi connectivity index (χ2v) is 5.61. The molecular formula is C16H22N4. The van der Waals surface area contributed by atoms with Crippen LogP contribution < -0.4 is 5.32 Å². The monoisotopic (exact) mass is 270 g/mol. The lowest BCUT2D eigenvalue weighted by molar-refractivity contribution is 0.293. The molecule has 1 atom stereocenters. The highest BCUT2D eigenvalue weighted by molar-refractivity contribution is 5.33. The van der Waals surface area contributed by atoms with E-state index in [9.17, 15) is 0 Å². The standard InChI is InChI=1S/C16H22N4/c1-19(13-15-4-2-9-17-15)12-14-5-7-16(8-6-14)20-11-3-10-18-20/h3,5-8,10-11,15,17H,2,4,9,12-13H2,1H3. The summed E-state index contributed by atoms with van der Waals surface area (Å²) in [6, 6.07) is 11.2. The molecule has 1 aliphatic rings. The zero-order chi connectivity index (χ0) is 13.8. The summed E-state index contributed by atoms with van der Waals surface area (Å²) in [6.07, 6.45) is 6.39. The third kappa shape index (κ3) is 3.26. The molecule has 0 bridgehead atoms. The first-order valence-corrected chi connectivity index (χ1v) is 7.32. The Morgan fingerprint density at radius 2 is 2.20 bits per heavy atom. The topological polar surface area (TPSA) is 33.1 Å². The summed E-state index contributed by atoms with van der Waals surface area (Å²) < 4.78 is 1.88. The Morgan fingerprint density at radius 3 is 2.85 bits per heavy atom. The van der Waals surface area contributed by atoms with Gasteiger partial charge in [-0.15, -0.1) is 0 Å². The molecule has 1 N–H and O–H groups in total. The van der Waals surface area contributed by atoms with Crippen LogP contribution in [-0.2, 0) is 6.54 Å². The van der Waals surface area contributed by atoms with Crippen molar-refractivity contribution in [2.75, 3.05) is 20.1 Å². The molecule has 1 saturated heterocycles. The lowest BCUT2D eigenvalue weighted by atomic mass is 10.1. The van der Waals surface area contributed by atoms with Gasteiger partial charge in [0.15, 0.2) is 0 Å². The van der Waals surface area contributed by atoms with E-state index in [1.165, 1.54) is 24.9 Å². The van der Waals surface area contributed by atoms with Gasteiger partial charge in [-0.05, 0) is 50.2 Å². The number of hydrogen-bond donors (Lipinski definition) is 1. The molecule has 1 aliphatic heterocycles. The van der Waals surface area contributed by atoms with Crippen molar-refractivity contribution in [1.29, 1.82) is 0 Å². The van der Waals surface area contributed by atoms with Crippen LogP contribution >= 0.6 is 0 Å². The summed E-state index contributed by atoms with van der Waals surface area (Å²) in [7, 11) is 2.20. The van der Waals surface area contributed by atoms with E-state index < -0.39 is 0 Å². The van der Waals surface area contributed by atoms with Gasteiger partial charge in [0.1, 0.15) is 0 Å². The second-order valence-electron chi connectivity index (χ2n) is 5.61. The maximum absolute atomic E-state index is 4.24. The van der Waals surface area contributed by atoms with Crippen molar-refractivity contribution in [2.45, 2.75) is 25.4 Å². The Bertz CT molecular complexity index is 512. The molecule has 20 heavy (non-hydrogen) atoms. The Balaban J connectivity index is 1.57. The minimum absolute atomic E-state index is 0.670. The van der Waals surface area contributed by atoms with Crippen LogP contribution in [0.2, 0.25) is 0 Å². The molecule has 1 aromatic heterocycles. The fourth-order valence-electron chi connectivity index (χ4n) is 2.84. The van der Waals surface area contributed by atoms with Gasteiger partial charge in [-0.3, -0.25) is 0 Å². The fraction of sp³-hybridized carbons (Fsp3) is 0.438. The number of nitrogens with zero attached hydrogens (tertiary/aromatic N) is 3. The highest BCUT2D eigenvalue weighted by Gasteiger charge is 2.15. The molecule has 0 saturated carbocycles. The minimum atomic E-state index is 0.670. The smallest absolute Gasteiger partial charge is 0.0645 e. The number of hydrogen-bond acceptors (Lipinski definition) is 3. The summed E-state index contributed by atoms with van der Waals surface area (Å²) in [5.74, 6) is 0. The highest BCUT2D eigenvalue weighted by atomic mass is 15.3. The van der Waals surface area contributed by atoms with E-state index in [1.807, 2.05) is 16.9 Å². The summed E-state index contributed by atoms with van der Waals surface area (Å²) in [5, 5.41) is 7.79. The van der Waals surface area contributed by atoms with E-state index in [0.29, 0.717) is 6.04 Å². The molecular weight excluding hydrogens is 248 g/mol. The lowest BCUT2D eigenvalue weighted by Crippen LogP contribution is -2.34. The van der Waals surface area contributed by atoms with Crippen LogP contribution in [0.25, 0.3) is 5.69 Å². The van der Waals surface area contributed by atoms with Gasteiger partial charge in [-0.25, -0.2) is 4.68 Å². The predicted molar refractivity (Wildman–Crippen MR) is 80.9 cm³/mol. The van der Waals surface area contributed by atoms with Crippen molar-refractivity contribution in [3.63, 3.8) is 0 Å². The van der Waals surface area contributed by atoms with Gasteiger partial charge in [0.2, 0.25) is 0 Å². The number of rotatable bonds is 5. The van der Waals surface area contributed by atoms with Gasteiger partial charge in [-0.1, -0.05) is 12.1 Å². The van der Waals surface area contributed by atoms with Crippen LogP contribution in [0.1, 0.15) is 18.4 Å². The van der Waals surface area contributed by atoms with Crippen molar-refractivity contribution >= 4 is 0 Å². The molecule has 0 amide bonds. The minimum Gasteiger partial charge on any atom is -0.313 e. The van der Waals surface area contributed by atoms with Gasteiger partial charge in [0, 0.05) is 31.5 Å². The number of likely N-dealkylation sites (N-methyl/N-ethyl adjacent to an activating group) is 1. The summed E-state index contributed by atoms with van der Waals surface area (Å²) in [6.45, 7) is 3.30. The molecule has 4 nitrogen and oxygen atoms in total. The first kappa shape index (κ1) is 13.3. The van der Waals surface area contributed by atoms with Crippen molar-refractivity contribution in [3.05, 3.63) is 48.3 Å². The van der Waals surface area contributed by atoms with E-state index >= 15 is 0 Å². The number of aromatic nitrogens is 2. The van der Waals surface area contributed by atoms with Gasteiger partial charge in [0.05, 0.1) is 5.69 Å². The molecule has 0 aliphatic carbocycles. The Hall–Kier alpha value is -1.65. The Labute approximate surface area is 120 Å². The van der Waals surface area contributed by atoms with Crippen LogP contribution in [0.4, 0.5) is 0 Å². The van der Waals surface area contributed by atoms with Crippen molar-refractivity contribution < 1.29 is 0 Å². The molecule has 1 fully saturated rings. The second kappa shape index (κ2) is 6.20. The quantitative estimate of drug-likeness (QED) is 0.903. The average molecular weight is 270 g/mol. The van der Waals surface area contributed by atoms with Crippen LogP contribution in [-0.4, -0.2) is 40.9 Å². The maximum atomic E-state index is 4.24.